The Bertz CT molecular complexity index is 1090. The lowest BCUT2D eigenvalue weighted by molar-refractivity contribution is -0.274. The van der Waals surface area contributed by atoms with E-state index in [1.54, 1.807) is 0 Å². The maximum absolute atomic E-state index is 13.2. The number of fused-ring (bicyclic) bond motifs is 1. The first-order valence-corrected chi connectivity index (χ1v) is 9.00. The Kier molecular flexibility index (Phi) is 4.84. The van der Waals surface area contributed by atoms with E-state index in [0.717, 1.165) is 24.3 Å². The topological polar surface area (TPSA) is 39.1 Å². The van der Waals surface area contributed by atoms with Crippen LogP contribution in [0.3, 0.4) is 0 Å². The summed E-state index contributed by atoms with van der Waals surface area (Å²) in [5.74, 6) is 0.175. The fraction of sp³-hybridized carbons (Fsp3) is 0.211. The quantitative estimate of drug-likeness (QED) is 0.495. The fourth-order valence-electron chi connectivity index (χ4n) is 3.27. The van der Waals surface area contributed by atoms with Crippen molar-refractivity contribution in [3.05, 3.63) is 58.6 Å². The predicted molar refractivity (Wildman–Crippen MR) is 97.9 cm³/mol. The second kappa shape index (κ2) is 7.12. The molecule has 0 radical (unpaired) electrons. The Morgan fingerprint density at radius 3 is 2.33 bits per heavy atom. The molecule has 0 amide bonds. The molecule has 3 aromatic rings. The van der Waals surface area contributed by atoms with Crippen LogP contribution in [0.4, 0.5) is 32.2 Å². The summed E-state index contributed by atoms with van der Waals surface area (Å²) < 4.78 is 82.0. The van der Waals surface area contributed by atoms with E-state index in [0.29, 0.717) is 35.7 Å². The van der Waals surface area contributed by atoms with E-state index >= 15 is 0 Å². The summed E-state index contributed by atoms with van der Waals surface area (Å²) in [7, 11) is 0. The molecule has 0 bridgehead atoms. The number of ether oxygens (including phenoxy) is 1. The van der Waals surface area contributed by atoms with E-state index in [-0.39, 0.29) is 5.56 Å². The first kappa shape index (κ1) is 20.4. The standard InChI is InChI=1S/C19H12ClF6N3O/c20-15-6-1-10(9-14(15)18(21,22)23)16-13-7-8-27-17(13)29(28-16)11-2-4-12(5-3-11)30-19(24,25)26/h1-6,9,27H,7-8H2. The lowest BCUT2D eigenvalue weighted by Gasteiger charge is -2.11. The average molecular weight is 448 g/mol. The second-order valence-corrected chi connectivity index (χ2v) is 6.91. The van der Waals surface area contributed by atoms with Gasteiger partial charge in [0.25, 0.3) is 0 Å². The molecule has 11 heteroatoms. The summed E-state index contributed by atoms with van der Waals surface area (Å²) in [5, 5.41) is 7.10. The van der Waals surface area contributed by atoms with E-state index in [1.807, 2.05) is 0 Å². The van der Waals surface area contributed by atoms with Crippen molar-refractivity contribution >= 4 is 17.4 Å². The maximum atomic E-state index is 13.2. The van der Waals surface area contributed by atoms with Crippen LogP contribution in [0.1, 0.15) is 11.1 Å². The van der Waals surface area contributed by atoms with Crippen LogP contribution < -0.4 is 10.1 Å². The summed E-state index contributed by atoms with van der Waals surface area (Å²) >= 11 is 5.70. The van der Waals surface area contributed by atoms with Crippen LogP contribution in [0.15, 0.2) is 42.5 Å². The highest BCUT2D eigenvalue weighted by Gasteiger charge is 2.34. The monoisotopic (exact) mass is 447 g/mol. The molecule has 0 saturated carbocycles. The molecule has 1 aliphatic rings. The van der Waals surface area contributed by atoms with E-state index in [1.165, 1.54) is 22.9 Å². The van der Waals surface area contributed by atoms with Gasteiger partial charge in [0.2, 0.25) is 0 Å². The average Bonchev–Trinajstić information content (AvgIpc) is 3.23. The summed E-state index contributed by atoms with van der Waals surface area (Å²) in [6.45, 7) is 0.551. The van der Waals surface area contributed by atoms with E-state index in [4.69, 9.17) is 11.6 Å². The molecule has 0 spiro atoms. The Labute approximate surface area is 171 Å². The zero-order valence-corrected chi connectivity index (χ0v) is 15.7. The molecule has 1 N–H and O–H groups in total. The SMILES string of the molecule is FC(F)(F)Oc1ccc(-n2nc(-c3ccc(Cl)c(C(F)(F)F)c3)c3c2NCC3)cc1. The third kappa shape index (κ3) is 3.91. The Balaban J connectivity index is 1.75. The number of alkyl halides is 6. The zero-order valence-electron chi connectivity index (χ0n) is 14.9. The number of rotatable bonds is 3. The smallest absolute Gasteiger partial charge is 0.406 e. The van der Waals surface area contributed by atoms with Crippen LogP contribution >= 0.6 is 11.6 Å². The molecule has 1 aromatic heterocycles. The van der Waals surface area contributed by atoms with Gasteiger partial charge in [-0.3, -0.25) is 0 Å². The van der Waals surface area contributed by atoms with Gasteiger partial charge in [0.1, 0.15) is 11.6 Å². The Morgan fingerprint density at radius 2 is 1.70 bits per heavy atom. The number of halogens is 7. The lowest BCUT2D eigenvalue weighted by atomic mass is 10.0. The minimum absolute atomic E-state index is 0.238. The zero-order chi connectivity index (χ0) is 21.7. The fourth-order valence-corrected chi connectivity index (χ4v) is 3.50. The molecule has 0 aliphatic carbocycles. The van der Waals surface area contributed by atoms with Crippen LogP contribution in [0, 0.1) is 0 Å². The van der Waals surface area contributed by atoms with Crippen molar-refractivity contribution in [1.29, 1.82) is 0 Å². The summed E-state index contributed by atoms with van der Waals surface area (Å²) in [6, 6.07) is 8.57. The summed E-state index contributed by atoms with van der Waals surface area (Å²) in [6.07, 6.45) is -8.90. The van der Waals surface area contributed by atoms with Crippen LogP contribution in [-0.4, -0.2) is 22.7 Å². The molecule has 1 aliphatic heterocycles. The molecule has 4 nitrogen and oxygen atoms in total. The Morgan fingerprint density at radius 1 is 1.00 bits per heavy atom. The number of hydrogen-bond acceptors (Lipinski definition) is 3. The van der Waals surface area contributed by atoms with Crippen molar-refractivity contribution in [2.75, 3.05) is 11.9 Å². The highest BCUT2D eigenvalue weighted by Crippen LogP contribution is 2.40. The lowest BCUT2D eigenvalue weighted by Crippen LogP contribution is -2.17. The van der Waals surface area contributed by atoms with Crippen LogP contribution in [0.25, 0.3) is 16.9 Å². The van der Waals surface area contributed by atoms with Gasteiger partial charge in [-0.2, -0.15) is 18.3 Å². The number of nitrogens with zero attached hydrogens (tertiary/aromatic N) is 2. The van der Waals surface area contributed by atoms with Gasteiger partial charge < -0.3 is 10.1 Å². The molecule has 0 unspecified atom stereocenters. The van der Waals surface area contributed by atoms with Gasteiger partial charge in [0.05, 0.1) is 22.0 Å². The normalized spacial score (nSPS) is 13.8. The Hall–Kier alpha value is -2.88. The molecule has 2 heterocycles. The molecule has 4 rings (SSSR count). The van der Waals surface area contributed by atoms with Crippen LogP contribution in [-0.2, 0) is 12.6 Å². The number of benzene rings is 2. The van der Waals surface area contributed by atoms with Gasteiger partial charge in [0, 0.05) is 17.7 Å². The maximum Gasteiger partial charge on any atom is 0.573 e. The van der Waals surface area contributed by atoms with Crippen molar-refractivity contribution in [3.63, 3.8) is 0 Å². The van der Waals surface area contributed by atoms with Gasteiger partial charge >= 0.3 is 12.5 Å². The number of nitrogens with one attached hydrogen (secondary N) is 1. The van der Waals surface area contributed by atoms with Gasteiger partial charge in [-0.05, 0) is 42.8 Å². The highest BCUT2D eigenvalue weighted by molar-refractivity contribution is 6.31. The largest absolute Gasteiger partial charge is 0.573 e. The van der Waals surface area contributed by atoms with Crippen molar-refractivity contribution in [2.24, 2.45) is 0 Å². The molecular weight excluding hydrogens is 436 g/mol. The van der Waals surface area contributed by atoms with Gasteiger partial charge in [-0.25, -0.2) is 4.68 Å². The molecule has 158 valence electrons. The van der Waals surface area contributed by atoms with Crippen LogP contribution in [0.2, 0.25) is 5.02 Å². The summed E-state index contributed by atoms with van der Waals surface area (Å²) in [4.78, 5) is 0. The summed E-state index contributed by atoms with van der Waals surface area (Å²) in [5.41, 5.74) is 0.743. The molecule has 30 heavy (non-hydrogen) atoms. The minimum atomic E-state index is -4.81. The molecule has 2 aromatic carbocycles. The first-order chi connectivity index (χ1) is 14.0. The number of anilines is 1. The third-order valence-electron chi connectivity index (χ3n) is 4.51. The third-order valence-corrected chi connectivity index (χ3v) is 4.84. The number of hydrogen-bond donors (Lipinski definition) is 1. The van der Waals surface area contributed by atoms with Gasteiger partial charge in [-0.1, -0.05) is 17.7 Å². The molecule has 0 atom stereocenters. The van der Waals surface area contributed by atoms with E-state index < -0.39 is 28.9 Å². The van der Waals surface area contributed by atoms with Crippen molar-refractivity contribution in [2.45, 2.75) is 19.0 Å². The first-order valence-electron chi connectivity index (χ1n) is 8.62. The minimum Gasteiger partial charge on any atom is -0.406 e. The van der Waals surface area contributed by atoms with Crippen molar-refractivity contribution < 1.29 is 31.1 Å². The van der Waals surface area contributed by atoms with Crippen molar-refractivity contribution in [3.8, 4) is 22.7 Å². The van der Waals surface area contributed by atoms with E-state index in [9.17, 15) is 26.3 Å². The molecule has 0 saturated heterocycles. The molecular formula is C19H12ClF6N3O. The van der Waals surface area contributed by atoms with Crippen LogP contribution in [0.5, 0.6) is 5.75 Å². The highest BCUT2D eigenvalue weighted by atomic mass is 35.5. The van der Waals surface area contributed by atoms with Gasteiger partial charge in [0.15, 0.2) is 0 Å². The van der Waals surface area contributed by atoms with E-state index in [2.05, 4.69) is 15.2 Å². The molecule has 0 fully saturated rings. The van der Waals surface area contributed by atoms with Crippen molar-refractivity contribution in [1.82, 2.24) is 9.78 Å². The second-order valence-electron chi connectivity index (χ2n) is 6.50. The predicted octanol–water partition coefficient (Wildman–Crippen LogP) is 6.08. The van der Waals surface area contributed by atoms with Gasteiger partial charge in [-0.15, -0.1) is 13.2 Å². The number of aromatic nitrogens is 2.